The van der Waals surface area contributed by atoms with Crippen molar-refractivity contribution in [2.45, 2.75) is 0 Å². The fourth-order valence-electron chi connectivity index (χ4n) is 7.35. The lowest BCUT2D eigenvalue weighted by molar-refractivity contribution is 1.17. The molecule has 10 rings (SSSR count). The fraction of sp³-hybridized carbons (Fsp3) is 0. The minimum absolute atomic E-state index is 0.985. The normalized spacial score (nSPS) is 11.8. The van der Waals surface area contributed by atoms with E-state index in [2.05, 4.69) is 135 Å². The molecule has 222 valence electrons. The maximum Gasteiger partial charge on any atom is 0.115 e. The number of fused-ring (bicyclic) bond motifs is 2. The van der Waals surface area contributed by atoms with E-state index in [1.807, 2.05) is 36.9 Å². The van der Waals surface area contributed by atoms with Crippen molar-refractivity contribution in [2.75, 3.05) is 0 Å². The van der Waals surface area contributed by atoms with E-state index in [0.717, 1.165) is 55.2 Å². The Morgan fingerprint density at radius 2 is 0.833 bits per heavy atom. The highest BCUT2D eigenvalue weighted by atomic mass is 14.8. The smallest absolute Gasteiger partial charge is 0.115 e. The van der Waals surface area contributed by atoms with Crippen molar-refractivity contribution in [3.05, 3.63) is 159 Å². The molecule has 0 aliphatic rings. The molecule has 0 aliphatic carbocycles. The van der Waals surface area contributed by atoms with E-state index in [9.17, 15) is 0 Å². The summed E-state index contributed by atoms with van der Waals surface area (Å²) in [6.45, 7) is 0. The van der Waals surface area contributed by atoms with Gasteiger partial charge in [0.25, 0.3) is 0 Å². The van der Waals surface area contributed by atoms with E-state index in [1.54, 1.807) is 6.33 Å². The standard InChI is InChI=1S/C44H26N4/c1-3-27-5-7-31(22-41(27)47-17-1)33-19-34(32-8-6-28-4-2-18-48-42(28)23-32)21-35(20-33)37-13-9-29-12-16-40-38(36-24-45-26-46-25-36)14-10-30-11-15-39(37)43(29)44(30)40/h1-26H. The number of aromatic nitrogens is 4. The first-order valence-electron chi connectivity index (χ1n) is 16.1. The zero-order valence-electron chi connectivity index (χ0n) is 25.8. The van der Waals surface area contributed by atoms with Crippen LogP contribution in [-0.2, 0) is 0 Å². The van der Waals surface area contributed by atoms with Gasteiger partial charge < -0.3 is 0 Å². The van der Waals surface area contributed by atoms with Gasteiger partial charge in [0.2, 0.25) is 0 Å². The summed E-state index contributed by atoms with van der Waals surface area (Å²) >= 11 is 0. The topological polar surface area (TPSA) is 51.6 Å². The zero-order valence-corrected chi connectivity index (χ0v) is 25.8. The van der Waals surface area contributed by atoms with Gasteiger partial charge in [-0.15, -0.1) is 0 Å². The lowest BCUT2D eigenvalue weighted by atomic mass is 9.86. The second-order valence-corrected chi connectivity index (χ2v) is 12.4. The van der Waals surface area contributed by atoms with Gasteiger partial charge in [-0.05, 0) is 114 Å². The first-order valence-corrected chi connectivity index (χ1v) is 16.1. The quantitative estimate of drug-likeness (QED) is 0.186. The minimum atomic E-state index is 0.985. The Kier molecular flexibility index (Phi) is 5.84. The van der Waals surface area contributed by atoms with Crippen LogP contribution in [0.25, 0.3) is 98.6 Å². The highest BCUT2D eigenvalue weighted by molar-refractivity contribution is 6.27. The van der Waals surface area contributed by atoms with E-state index in [-0.39, 0.29) is 0 Å². The Bertz CT molecular complexity index is 2740. The molecule has 0 amide bonds. The number of hydrogen-bond donors (Lipinski definition) is 0. The van der Waals surface area contributed by atoms with Crippen LogP contribution in [0.2, 0.25) is 0 Å². The van der Waals surface area contributed by atoms with Gasteiger partial charge >= 0.3 is 0 Å². The Balaban J connectivity index is 1.23. The van der Waals surface area contributed by atoms with Crippen LogP contribution in [0, 0.1) is 0 Å². The van der Waals surface area contributed by atoms with Gasteiger partial charge in [-0.1, -0.05) is 84.9 Å². The van der Waals surface area contributed by atoms with Crippen LogP contribution in [0.4, 0.5) is 0 Å². The average Bonchev–Trinajstić information content (AvgIpc) is 3.16. The third kappa shape index (κ3) is 4.24. The maximum atomic E-state index is 4.66. The van der Waals surface area contributed by atoms with Gasteiger partial charge in [-0.25, -0.2) is 9.97 Å². The molecule has 10 aromatic rings. The number of hydrogen-bond acceptors (Lipinski definition) is 4. The molecule has 0 saturated carbocycles. The summed E-state index contributed by atoms with van der Waals surface area (Å²) in [6.07, 6.45) is 9.08. The number of pyridine rings is 2. The number of benzene rings is 7. The van der Waals surface area contributed by atoms with Gasteiger partial charge in [0, 0.05) is 41.1 Å². The first kappa shape index (κ1) is 26.7. The van der Waals surface area contributed by atoms with Gasteiger partial charge in [0.1, 0.15) is 6.33 Å². The molecule has 0 saturated heterocycles. The molecule has 0 atom stereocenters. The van der Waals surface area contributed by atoms with E-state index in [1.165, 1.54) is 43.4 Å². The van der Waals surface area contributed by atoms with E-state index in [0.29, 0.717) is 0 Å². The molecule has 0 unspecified atom stereocenters. The number of rotatable bonds is 4. The van der Waals surface area contributed by atoms with Crippen molar-refractivity contribution in [3.63, 3.8) is 0 Å². The summed E-state index contributed by atoms with van der Waals surface area (Å²) in [5.41, 5.74) is 11.1. The number of nitrogens with zero attached hydrogens (tertiary/aromatic N) is 4. The summed E-state index contributed by atoms with van der Waals surface area (Å²) in [6, 6.07) is 46.2. The molecule has 0 bridgehead atoms. The van der Waals surface area contributed by atoms with E-state index >= 15 is 0 Å². The molecule has 3 aromatic heterocycles. The summed E-state index contributed by atoms with van der Waals surface area (Å²) in [5.74, 6) is 0. The average molecular weight is 611 g/mol. The Hall–Kier alpha value is -6.52. The summed E-state index contributed by atoms with van der Waals surface area (Å²) in [4.78, 5) is 17.9. The molecule has 4 heteroatoms. The summed E-state index contributed by atoms with van der Waals surface area (Å²) < 4.78 is 0. The molecule has 4 nitrogen and oxygen atoms in total. The van der Waals surface area contributed by atoms with Crippen molar-refractivity contribution in [2.24, 2.45) is 0 Å². The molecular weight excluding hydrogens is 585 g/mol. The van der Waals surface area contributed by atoms with Crippen LogP contribution in [-0.4, -0.2) is 19.9 Å². The molecule has 7 aromatic carbocycles. The van der Waals surface area contributed by atoms with Crippen molar-refractivity contribution in [1.82, 2.24) is 19.9 Å². The predicted molar refractivity (Wildman–Crippen MR) is 198 cm³/mol. The molecule has 3 heterocycles. The first-order chi connectivity index (χ1) is 23.8. The Morgan fingerprint density at radius 3 is 1.40 bits per heavy atom. The predicted octanol–water partition coefficient (Wildman–Crippen LogP) is 11.1. The molecule has 0 fully saturated rings. The van der Waals surface area contributed by atoms with Crippen LogP contribution in [0.15, 0.2) is 159 Å². The van der Waals surface area contributed by atoms with Crippen LogP contribution < -0.4 is 0 Å². The molecule has 0 N–H and O–H groups in total. The largest absolute Gasteiger partial charge is 0.256 e. The second kappa shape index (κ2) is 10.5. The zero-order chi connectivity index (χ0) is 31.6. The van der Waals surface area contributed by atoms with Gasteiger partial charge in [-0.3, -0.25) is 9.97 Å². The van der Waals surface area contributed by atoms with Crippen molar-refractivity contribution in [1.29, 1.82) is 0 Å². The van der Waals surface area contributed by atoms with Crippen LogP contribution in [0.1, 0.15) is 0 Å². The third-order valence-corrected chi connectivity index (χ3v) is 9.66. The minimum Gasteiger partial charge on any atom is -0.256 e. The van der Waals surface area contributed by atoms with E-state index < -0.39 is 0 Å². The third-order valence-electron chi connectivity index (χ3n) is 9.66. The molecule has 48 heavy (non-hydrogen) atoms. The molecule has 0 aliphatic heterocycles. The van der Waals surface area contributed by atoms with Crippen molar-refractivity contribution >= 4 is 54.1 Å². The van der Waals surface area contributed by atoms with E-state index in [4.69, 9.17) is 0 Å². The van der Waals surface area contributed by atoms with Crippen LogP contribution in [0.5, 0.6) is 0 Å². The highest BCUT2D eigenvalue weighted by Crippen LogP contribution is 2.43. The molecule has 0 radical (unpaired) electrons. The second-order valence-electron chi connectivity index (χ2n) is 12.4. The fourth-order valence-corrected chi connectivity index (χ4v) is 7.35. The molecule has 0 spiro atoms. The van der Waals surface area contributed by atoms with Gasteiger partial charge in [0.15, 0.2) is 0 Å². The lowest BCUT2D eigenvalue weighted by Crippen LogP contribution is -1.91. The Morgan fingerprint density at radius 1 is 0.354 bits per heavy atom. The van der Waals surface area contributed by atoms with Crippen molar-refractivity contribution < 1.29 is 0 Å². The van der Waals surface area contributed by atoms with Gasteiger partial charge in [-0.2, -0.15) is 0 Å². The van der Waals surface area contributed by atoms with Crippen LogP contribution >= 0.6 is 0 Å². The summed E-state index contributed by atoms with van der Waals surface area (Å²) in [5, 5.41) is 9.70. The lowest BCUT2D eigenvalue weighted by Gasteiger charge is -2.17. The highest BCUT2D eigenvalue weighted by Gasteiger charge is 2.17. The SMILES string of the molecule is c1cnc2cc(-c3cc(-c4ccc5cccnc5c4)cc(-c4ccc5ccc6c(-c7cncnc7)ccc7ccc4c5c76)c3)ccc2c1. The maximum absolute atomic E-state index is 4.66. The van der Waals surface area contributed by atoms with Crippen LogP contribution in [0.3, 0.4) is 0 Å². The summed E-state index contributed by atoms with van der Waals surface area (Å²) in [7, 11) is 0. The van der Waals surface area contributed by atoms with Gasteiger partial charge in [0.05, 0.1) is 11.0 Å². The monoisotopic (exact) mass is 610 g/mol. The van der Waals surface area contributed by atoms with Crippen molar-refractivity contribution in [3.8, 4) is 44.5 Å². The Labute approximate surface area is 276 Å². The molecular formula is C44H26N4.